The van der Waals surface area contributed by atoms with Gasteiger partial charge in [-0.05, 0) is 44.4 Å². The van der Waals surface area contributed by atoms with Crippen LogP contribution in [0.4, 0.5) is 10.5 Å². The van der Waals surface area contributed by atoms with E-state index in [1.54, 1.807) is 29.3 Å². The average Bonchev–Trinajstić information content (AvgIpc) is 3.65. The van der Waals surface area contributed by atoms with Gasteiger partial charge in [0.15, 0.2) is 18.2 Å². The van der Waals surface area contributed by atoms with E-state index < -0.39 is 6.03 Å². The van der Waals surface area contributed by atoms with Gasteiger partial charge in [-0.15, -0.1) is 0 Å². The number of H-pyrrole nitrogens is 1. The molecule has 1 aliphatic carbocycles. The largest absolute Gasteiger partial charge is 0.484 e. The third-order valence-corrected chi connectivity index (χ3v) is 6.53. The summed E-state index contributed by atoms with van der Waals surface area (Å²) in [6, 6.07) is 12.2. The van der Waals surface area contributed by atoms with E-state index in [1.807, 2.05) is 37.2 Å². The second-order valence-corrected chi connectivity index (χ2v) is 9.70. The number of rotatable bonds is 8. The number of benzene rings is 2. The molecule has 1 fully saturated rings. The zero-order chi connectivity index (χ0) is 27.6. The maximum absolute atomic E-state index is 13.6. The summed E-state index contributed by atoms with van der Waals surface area (Å²) in [5.41, 5.74) is 6.71. The minimum Gasteiger partial charge on any atom is -0.484 e. The van der Waals surface area contributed by atoms with Gasteiger partial charge >= 0.3 is 6.03 Å². The molecule has 1 saturated heterocycles. The van der Waals surface area contributed by atoms with Crippen molar-refractivity contribution in [2.75, 3.05) is 45.7 Å². The van der Waals surface area contributed by atoms with Crippen LogP contribution in [0.3, 0.4) is 0 Å². The molecule has 4 aromatic rings. The Morgan fingerprint density at radius 3 is 2.70 bits per heavy atom. The van der Waals surface area contributed by atoms with Crippen molar-refractivity contribution in [3.8, 4) is 28.3 Å². The molecule has 2 aromatic carbocycles. The summed E-state index contributed by atoms with van der Waals surface area (Å²) < 4.78 is 16.3. The molecule has 0 unspecified atom stereocenters. The predicted octanol–water partition coefficient (Wildman–Crippen LogP) is 2.68. The fourth-order valence-electron chi connectivity index (χ4n) is 4.72. The highest BCUT2D eigenvalue weighted by Crippen LogP contribution is 2.43. The quantitative estimate of drug-likeness (QED) is 0.266. The van der Waals surface area contributed by atoms with Crippen molar-refractivity contribution in [1.82, 2.24) is 35.7 Å². The molecule has 2 aliphatic rings. The molecular weight excluding hydrogens is 516 g/mol. The third kappa shape index (κ3) is 5.17. The molecule has 2 aromatic heterocycles. The number of hydrogen-bond donors (Lipinski definition) is 3. The number of fused-ring (bicyclic) bond motifs is 3. The van der Waals surface area contributed by atoms with Crippen LogP contribution in [0.1, 0.15) is 27.6 Å². The van der Waals surface area contributed by atoms with Gasteiger partial charge in [-0.25, -0.2) is 9.80 Å². The lowest BCUT2D eigenvalue weighted by Gasteiger charge is -2.27. The molecule has 40 heavy (non-hydrogen) atoms. The number of ether oxygens (including phenoxy) is 2. The topological polar surface area (TPSA) is 151 Å². The summed E-state index contributed by atoms with van der Waals surface area (Å²) in [5.74, 6) is 1.38. The van der Waals surface area contributed by atoms with Crippen LogP contribution in [0.25, 0.3) is 22.5 Å². The second-order valence-electron chi connectivity index (χ2n) is 9.70. The Morgan fingerprint density at radius 2 is 1.93 bits per heavy atom. The summed E-state index contributed by atoms with van der Waals surface area (Å²) >= 11 is 0. The van der Waals surface area contributed by atoms with E-state index in [9.17, 15) is 9.59 Å². The predicted molar refractivity (Wildman–Crippen MR) is 143 cm³/mol. The number of anilines is 1. The van der Waals surface area contributed by atoms with Crippen molar-refractivity contribution >= 4 is 17.5 Å². The van der Waals surface area contributed by atoms with Crippen LogP contribution in [0.15, 0.2) is 47.0 Å². The number of hydrazine groups is 1. The summed E-state index contributed by atoms with van der Waals surface area (Å²) in [6.45, 7) is 3.00. The Bertz CT molecular complexity index is 1540. The summed E-state index contributed by atoms with van der Waals surface area (Å²) in [7, 11) is 3.86. The third-order valence-electron chi connectivity index (χ3n) is 6.53. The highest BCUT2D eigenvalue weighted by molar-refractivity contribution is 6.26. The molecule has 2 amide bonds. The zero-order valence-electron chi connectivity index (χ0n) is 22.1. The Labute approximate surface area is 229 Å². The monoisotopic (exact) mass is 544 g/mol. The Hall–Kier alpha value is -4.59. The van der Waals surface area contributed by atoms with E-state index in [0.29, 0.717) is 84.1 Å². The first-order valence-electron chi connectivity index (χ1n) is 12.8. The fourth-order valence-corrected chi connectivity index (χ4v) is 4.72. The summed E-state index contributed by atoms with van der Waals surface area (Å²) in [6.07, 6.45) is 0. The molecule has 6 rings (SSSR count). The molecule has 13 heteroatoms. The number of morpholine rings is 1. The normalized spacial score (nSPS) is 14.7. The Kier molecular flexibility index (Phi) is 6.99. The van der Waals surface area contributed by atoms with Crippen molar-refractivity contribution in [3.05, 3.63) is 65.3 Å². The van der Waals surface area contributed by atoms with Gasteiger partial charge in [0.05, 0.1) is 42.3 Å². The number of carbonyl (C=O) groups excluding carboxylic acids is 2. The van der Waals surface area contributed by atoms with E-state index in [4.69, 9.17) is 14.0 Å². The summed E-state index contributed by atoms with van der Waals surface area (Å²) in [4.78, 5) is 32.5. The van der Waals surface area contributed by atoms with Gasteiger partial charge in [0.2, 0.25) is 0 Å². The van der Waals surface area contributed by atoms with Crippen molar-refractivity contribution in [2.24, 2.45) is 0 Å². The van der Waals surface area contributed by atoms with Crippen LogP contribution in [-0.2, 0) is 17.9 Å². The first kappa shape index (κ1) is 25.7. The number of nitrogens with zero attached hydrogens (tertiary/aromatic N) is 5. The molecule has 0 radical (unpaired) electrons. The lowest BCUT2D eigenvalue weighted by molar-refractivity contribution is 0.0207. The zero-order valence-corrected chi connectivity index (χ0v) is 22.1. The van der Waals surface area contributed by atoms with E-state index in [0.717, 1.165) is 5.56 Å². The first-order valence-corrected chi connectivity index (χ1v) is 12.8. The van der Waals surface area contributed by atoms with Crippen LogP contribution >= 0.6 is 0 Å². The van der Waals surface area contributed by atoms with Crippen molar-refractivity contribution < 1.29 is 23.6 Å². The molecule has 13 nitrogen and oxygen atoms in total. The van der Waals surface area contributed by atoms with E-state index in [2.05, 4.69) is 31.1 Å². The lowest BCUT2D eigenvalue weighted by Crippen LogP contribution is -2.49. The van der Waals surface area contributed by atoms with Crippen LogP contribution in [0.2, 0.25) is 0 Å². The minimum atomic E-state index is -0.415. The fraction of sp³-hybridized carbons (Fsp3) is 0.296. The molecule has 206 valence electrons. The van der Waals surface area contributed by atoms with Crippen molar-refractivity contribution in [3.63, 3.8) is 0 Å². The SMILES string of the molecule is CN(C)Cc1noc(COc2ccc(-c3n[nH]c4c3C(=O)c3c(NC(=O)NN5CCOCC5)cccc3-4)cc2)n1. The lowest BCUT2D eigenvalue weighted by atomic mass is 10.0. The molecule has 0 bridgehead atoms. The van der Waals surface area contributed by atoms with Crippen LogP contribution in [0, 0.1) is 0 Å². The highest BCUT2D eigenvalue weighted by Gasteiger charge is 2.35. The van der Waals surface area contributed by atoms with E-state index in [1.165, 1.54) is 0 Å². The first-order chi connectivity index (χ1) is 19.5. The van der Waals surface area contributed by atoms with Gasteiger partial charge in [0, 0.05) is 24.2 Å². The van der Waals surface area contributed by atoms with Crippen molar-refractivity contribution in [2.45, 2.75) is 13.2 Å². The van der Waals surface area contributed by atoms with Gasteiger partial charge in [-0.2, -0.15) is 10.1 Å². The number of carbonyl (C=O) groups is 2. The maximum Gasteiger partial charge on any atom is 0.333 e. The average molecular weight is 545 g/mol. The number of urea groups is 1. The molecule has 0 atom stereocenters. The number of aromatic amines is 1. The van der Waals surface area contributed by atoms with Gasteiger partial charge in [0.1, 0.15) is 11.4 Å². The number of hydrogen-bond acceptors (Lipinski definition) is 10. The van der Waals surface area contributed by atoms with Gasteiger partial charge in [-0.3, -0.25) is 15.3 Å². The summed E-state index contributed by atoms with van der Waals surface area (Å²) in [5, 5.41) is 16.0. The van der Waals surface area contributed by atoms with Gasteiger partial charge in [-0.1, -0.05) is 17.3 Å². The number of ketones is 1. The number of amides is 2. The molecular formula is C27H28N8O5. The number of nitrogens with one attached hydrogen (secondary N) is 3. The molecule has 0 spiro atoms. The smallest absolute Gasteiger partial charge is 0.333 e. The molecule has 1 aliphatic heterocycles. The highest BCUT2D eigenvalue weighted by atomic mass is 16.5. The van der Waals surface area contributed by atoms with Crippen LogP contribution in [0.5, 0.6) is 5.75 Å². The Morgan fingerprint density at radius 1 is 1.12 bits per heavy atom. The Balaban J connectivity index is 1.15. The molecule has 3 N–H and O–H groups in total. The minimum absolute atomic E-state index is 0.139. The second kappa shape index (κ2) is 10.9. The number of aromatic nitrogens is 4. The standard InChI is InChI=1S/C27H28N8O5/c1-34(2)14-20-29-21(40-33-20)15-39-17-8-6-16(7-9-17)24-23-25(31-30-24)18-4-3-5-19(22(18)26(23)36)28-27(37)32-35-10-12-38-13-11-35/h3-9H,10-15H2,1-2H3,(H,30,31)(H2,28,32,37). The van der Waals surface area contributed by atoms with Crippen LogP contribution < -0.4 is 15.5 Å². The molecule has 0 saturated carbocycles. The van der Waals surface area contributed by atoms with E-state index >= 15 is 0 Å². The van der Waals surface area contributed by atoms with Crippen molar-refractivity contribution in [1.29, 1.82) is 0 Å². The van der Waals surface area contributed by atoms with Gasteiger partial charge in [0.25, 0.3) is 5.89 Å². The van der Waals surface area contributed by atoms with Crippen LogP contribution in [-0.4, -0.2) is 82.5 Å². The molecule has 3 heterocycles. The van der Waals surface area contributed by atoms with Gasteiger partial charge < -0.3 is 24.2 Å². The maximum atomic E-state index is 13.6. The van der Waals surface area contributed by atoms with E-state index in [-0.39, 0.29) is 12.4 Å².